The van der Waals surface area contributed by atoms with Gasteiger partial charge in [0.05, 0.1) is 46.7 Å². The van der Waals surface area contributed by atoms with E-state index in [0.717, 1.165) is 32.7 Å². The molecule has 0 radical (unpaired) electrons. The number of nitrogens with one attached hydrogen (secondary N) is 1. The summed E-state index contributed by atoms with van der Waals surface area (Å²) in [6.45, 7) is 7.39. The lowest BCUT2D eigenvalue weighted by Crippen LogP contribution is -2.71. The van der Waals surface area contributed by atoms with Gasteiger partial charge in [0.15, 0.2) is 11.5 Å². The molecule has 3 aliphatic heterocycles. The van der Waals surface area contributed by atoms with E-state index in [-0.39, 0.29) is 11.3 Å². The molecular formula is C30H31Cl2N7O3. The molecule has 3 aliphatic rings. The van der Waals surface area contributed by atoms with Crippen molar-refractivity contribution in [2.24, 2.45) is 0 Å². The van der Waals surface area contributed by atoms with Gasteiger partial charge in [-0.05, 0) is 32.4 Å². The van der Waals surface area contributed by atoms with E-state index < -0.39 is 6.10 Å². The standard InChI is InChI=1S/C30H31Cl2N7O3/c1-16(27-22(31)10-36-11-23(27)32)42-26-6-21(24(34)7-25(26)40-3)28(35)18-4-17(8-33)29(37-9-18)38-14-30(2,15-38)39-12-20-5-19(39)13-41-20/h4,6-7,9-11,16,19-20,35H,5,12-15,34H2,1-3H3/t16-,19+,20+/m1/s1. The molecule has 0 aliphatic carbocycles. The van der Waals surface area contributed by atoms with Crippen LogP contribution in [0.3, 0.4) is 0 Å². The van der Waals surface area contributed by atoms with E-state index in [2.05, 4.69) is 32.8 Å². The molecule has 3 N–H and O–H groups in total. The second-order valence-electron chi connectivity index (χ2n) is 11.3. The molecule has 3 saturated heterocycles. The summed E-state index contributed by atoms with van der Waals surface area (Å²) in [5, 5.41) is 19.7. The molecule has 218 valence electrons. The van der Waals surface area contributed by atoms with Gasteiger partial charge in [-0.2, -0.15) is 5.26 Å². The second kappa shape index (κ2) is 10.9. The normalized spacial score (nSPS) is 21.5. The van der Waals surface area contributed by atoms with Crippen molar-refractivity contribution in [3.63, 3.8) is 0 Å². The van der Waals surface area contributed by atoms with Gasteiger partial charge < -0.3 is 24.8 Å². The number of hydrogen-bond donors (Lipinski definition) is 2. The smallest absolute Gasteiger partial charge is 0.162 e. The zero-order valence-electron chi connectivity index (χ0n) is 23.5. The lowest BCUT2D eigenvalue weighted by Gasteiger charge is -2.55. The van der Waals surface area contributed by atoms with E-state index in [4.69, 9.17) is 48.6 Å². The van der Waals surface area contributed by atoms with E-state index in [9.17, 15) is 5.26 Å². The van der Waals surface area contributed by atoms with Gasteiger partial charge >= 0.3 is 0 Å². The number of morpholine rings is 1. The second-order valence-corrected chi connectivity index (χ2v) is 12.1. The molecule has 3 atom stereocenters. The Morgan fingerprint density at radius 1 is 1.21 bits per heavy atom. The van der Waals surface area contributed by atoms with E-state index in [1.54, 1.807) is 31.3 Å². The maximum atomic E-state index is 10.0. The summed E-state index contributed by atoms with van der Waals surface area (Å²) in [5.41, 5.74) is 8.66. The number of fused-ring (bicyclic) bond motifs is 2. The molecule has 0 spiro atoms. The quantitative estimate of drug-likeness (QED) is 0.272. The average Bonchev–Trinajstić information content (AvgIpc) is 3.60. The molecule has 2 bridgehead atoms. The van der Waals surface area contributed by atoms with Crippen LogP contribution in [0.25, 0.3) is 0 Å². The minimum absolute atomic E-state index is 0.0266. The van der Waals surface area contributed by atoms with Crippen LogP contribution >= 0.6 is 23.2 Å². The van der Waals surface area contributed by atoms with Crippen LogP contribution in [0.2, 0.25) is 10.0 Å². The Bertz CT molecular complexity index is 1580. The number of ether oxygens (including phenoxy) is 3. The number of aromatic nitrogens is 2. The van der Waals surface area contributed by atoms with E-state index in [1.165, 1.54) is 19.5 Å². The molecule has 5 heterocycles. The van der Waals surface area contributed by atoms with Crippen molar-refractivity contribution >= 4 is 40.4 Å². The maximum Gasteiger partial charge on any atom is 0.162 e. The number of anilines is 2. The van der Waals surface area contributed by atoms with Gasteiger partial charge in [0.25, 0.3) is 0 Å². The number of halogens is 2. The maximum absolute atomic E-state index is 10.0. The van der Waals surface area contributed by atoms with Gasteiger partial charge in [-0.25, -0.2) is 4.98 Å². The van der Waals surface area contributed by atoms with Gasteiger partial charge in [0.1, 0.15) is 18.0 Å². The minimum Gasteiger partial charge on any atom is -0.493 e. The lowest BCUT2D eigenvalue weighted by molar-refractivity contribution is -0.0300. The zero-order chi connectivity index (χ0) is 29.8. The molecule has 2 aromatic heterocycles. The number of nitrogens with zero attached hydrogens (tertiary/aromatic N) is 5. The Kier molecular flexibility index (Phi) is 7.39. The molecular weight excluding hydrogens is 577 g/mol. The predicted octanol–water partition coefficient (Wildman–Crippen LogP) is 4.85. The lowest BCUT2D eigenvalue weighted by atomic mass is 9.88. The van der Waals surface area contributed by atoms with Gasteiger partial charge in [0, 0.05) is 72.7 Å². The number of hydrogen-bond acceptors (Lipinski definition) is 10. The van der Waals surface area contributed by atoms with Crippen molar-refractivity contribution in [3.05, 3.63) is 69.1 Å². The zero-order valence-corrected chi connectivity index (χ0v) is 25.0. The summed E-state index contributed by atoms with van der Waals surface area (Å²) in [6.07, 6.45) is 5.50. The van der Waals surface area contributed by atoms with Gasteiger partial charge in [-0.15, -0.1) is 0 Å². The van der Waals surface area contributed by atoms with Crippen LogP contribution in [0.5, 0.6) is 11.5 Å². The highest BCUT2D eigenvalue weighted by Crippen LogP contribution is 2.41. The predicted molar refractivity (Wildman–Crippen MR) is 161 cm³/mol. The number of methoxy groups -OCH3 is 1. The van der Waals surface area contributed by atoms with Crippen LogP contribution in [0.4, 0.5) is 11.5 Å². The SMILES string of the molecule is COc1cc(N)c(C(=N)c2cnc(N3CC(C)(N4C[C@@H]5C[C@H]4CO5)C3)c(C#N)c2)cc1O[C@H](C)c1c(Cl)cncc1Cl. The molecule has 3 fully saturated rings. The van der Waals surface area contributed by atoms with Crippen LogP contribution < -0.4 is 20.1 Å². The first kappa shape index (κ1) is 28.5. The fourth-order valence-electron chi connectivity index (χ4n) is 6.36. The summed E-state index contributed by atoms with van der Waals surface area (Å²) in [4.78, 5) is 13.3. The Morgan fingerprint density at radius 3 is 2.57 bits per heavy atom. The highest BCUT2D eigenvalue weighted by Gasteiger charge is 2.52. The van der Waals surface area contributed by atoms with E-state index >= 15 is 0 Å². The number of pyridine rings is 2. The number of nitrogen functional groups attached to an aromatic ring is 1. The average molecular weight is 609 g/mol. The molecule has 1 aromatic carbocycles. The van der Waals surface area contributed by atoms with Crippen molar-refractivity contribution < 1.29 is 14.2 Å². The van der Waals surface area contributed by atoms with Gasteiger partial charge in [-0.3, -0.25) is 15.3 Å². The van der Waals surface area contributed by atoms with Gasteiger partial charge in [-0.1, -0.05) is 23.2 Å². The Morgan fingerprint density at radius 2 is 1.95 bits per heavy atom. The largest absolute Gasteiger partial charge is 0.493 e. The summed E-state index contributed by atoms with van der Waals surface area (Å²) in [5.74, 6) is 1.37. The number of likely N-dealkylation sites (tertiary alicyclic amines) is 1. The fourth-order valence-corrected chi connectivity index (χ4v) is 7.03. The Labute approximate surface area is 254 Å². The first-order valence-corrected chi connectivity index (χ1v) is 14.4. The molecule has 10 nitrogen and oxygen atoms in total. The Hall–Kier alpha value is -3.62. The number of nitriles is 1. The molecule has 12 heteroatoms. The number of benzene rings is 1. The summed E-state index contributed by atoms with van der Waals surface area (Å²) < 4.78 is 17.5. The number of rotatable bonds is 8. The molecule has 6 rings (SSSR count). The molecule has 42 heavy (non-hydrogen) atoms. The van der Waals surface area contributed by atoms with Crippen molar-refractivity contribution in [2.75, 3.05) is 44.0 Å². The van der Waals surface area contributed by atoms with Crippen molar-refractivity contribution in [3.8, 4) is 17.6 Å². The molecule has 0 saturated carbocycles. The van der Waals surface area contributed by atoms with Crippen LogP contribution in [0, 0.1) is 16.7 Å². The van der Waals surface area contributed by atoms with Crippen LogP contribution in [0.15, 0.2) is 36.8 Å². The third-order valence-electron chi connectivity index (χ3n) is 8.44. The molecule has 3 aromatic rings. The van der Waals surface area contributed by atoms with Crippen LogP contribution in [-0.2, 0) is 4.74 Å². The van der Waals surface area contributed by atoms with Crippen molar-refractivity contribution in [1.82, 2.24) is 14.9 Å². The van der Waals surface area contributed by atoms with E-state index in [0.29, 0.717) is 67.4 Å². The van der Waals surface area contributed by atoms with E-state index in [1.807, 2.05) is 0 Å². The first-order valence-electron chi connectivity index (χ1n) is 13.7. The monoisotopic (exact) mass is 607 g/mol. The summed E-state index contributed by atoms with van der Waals surface area (Å²) in [6, 6.07) is 7.68. The Balaban J connectivity index is 1.23. The van der Waals surface area contributed by atoms with Gasteiger partial charge in [0.2, 0.25) is 0 Å². The fraction of sp³-hybridized carbons (Fsp3) is 0.400. The number of nitrogens with two attached hydrogens (primary N) is 1. The van der Waals surface area contributed by atoms with Crippen LogP contribution in [-0.4, -0.2) is 71.6 Å². The van der Waals surface area contributed by atoms with Crippen LogP contribution in [0.1, 0.15) is 48.6 Å². The highest BCUT2D eigenvalue weighted by molar-refractivity contribution is 6.35. The topological polar surface area (TPSA) is 134 Å². The summed E-state index contributed by atoms with van der Waals surface area (Å²) in [7, 11) is 1.51. The molecule has 0 unspecified atom stereocenters. The third kappa shape index (κ3) is 4.90. The summed E-state index contributed by atoms with van der Waals surface area (Å²) >= 11 is 12.7. The van der Waals surface area contributed by atoms with Crippen molar-refractivity contribution in [2.45, 2.75) is 44.1 Å². The highest BCUT2D eigenvalue weighted by atomic mass is 35.5. The minimum atomic E-state index is -0.552. The molecule has 0 amide bonds. The first-order chi connectivity index (χ1) is 20.1. The third-order valence-corrected chi connectivity index (χ3v) is 9.04. The van der Waals surface area contributed by atoms with Crippen molar-refractivity contribution in [1.29, 1.82) is 10.7 Å².